The summed E-state index contributed by atoms with van der Waals surface area (Å²) >= 11 is 6.24. The molecule has 5 rings (SSSR count). The normalized spacial score (nSPS) is 17.9. The van der Waals surface area contributed by atoms with Crippen LogP contribution < -0.4 is 20.4 Å². The van der Waals surface area contributed by atoms with E-state index in [1.54, 1.807) is 12.1 Å². The largest absolute Gasteiger partial charge is 0.408 e. The molecule has 0 spiro atoms. The molecule has 2 aliphatic rings. The Balaban J connectivity index is 1.48. The van der Waals surface area contributed by atoms with Gasteiger partial charge in [0, 0.05) is 18.8 Å². The number of alkyl halides is 3. The topological polar surface area (TPSA) is 119 Å². The number of aryl methyl sites for hydroxylation is 1. The monoisotopic (exact) mass is 508 g/mol. The molecule has 2 bridgehead atoms. The van der Waals surface area contributed by atoms with Crippen molar-refractivity contribution in [2.75, 3.05) is 28.2 Å². The van der Waals surface area contributed by atoms with Gasteiger partial charge in [-0.05, 0) is 38.5 Å². The standard InChI is InChI=1S/C21H20ClF3N8O2/c1-9-3-4-12-16(26-9)30-31-17(12)29-20(35)33-11-5-6-32(8-11)14-7-13(22)15(28-18(14)33)19(34)27-10(2)21(23,24)25/h3-4,7,10-11H,5-6,8H2,1-2H3,(H,27,34)(H2,26,29,30,31,35)/t10?,11-/m0/s1. The second kappa shape index (κ2) is 8.26. The van der Waals surface area contributed by atoms with Gasteiger partial charge in [-0.2, -0.15) is 18.3 Å². The van der Waals surface area contributed by atoms with E-state index in [0.717, 1.165) is 12.6 Å². The van der Waals surface area contributed by atoms with E-state index < -0.39 is 29.9 Å². The number of pyridine rings is 2. The highest BCUT2D eigenvalue weighted by molar-refractivity contribution is 6.34. The molecule has 0 aromatic carbocycles. The van der Waals surface area contributed by atoms with Gasteiger partial charge < -0.3 is 10.2 Å². The van der Waals surface area contributed by atoms with Crippen LogP contribution in [0.2, 0.25) is 5.02 Å². The number of aromatic nitrogens is 4. The fourth-order valence-corrected chi connectivity index (χ4v) is 4.48. The Kier molecular flexibility index (Phi) is 5.46. The molecule has 3 amide bonds. The lowest BCUT2D eigenvalue weighted by Crippen LogP contribution is -2.49. The number of carbonyl (C=O) groups excluding carboxylic acids is 2. The highest BCUT2D eigenvalue weighted by Gasteiger charge is 2.42. The average Bonchev–Trinajstić information content (AvgIpc) is 3.38. The van der Waals surface area contributed by atoms with E-state index in [2.05, 4.69) is 25.5 Å². The Labute approximate surface area is 201 Å². The minimum absolute atomic E-state index is 0.110. The van der Waals surface area contributed by atoms with Crippen molar-refractivity contribution in [3.63, 3.8) is 0 Å². The van der Waals surface area contributed by atoms with E-state index in [4.69, 9.17) is 11.6 Å². The number of urea groups is 1. The summed E-state index contributed by atoms with van der Waals surface area (Å²) < 4.78 is 38.8. The highest BCUT2D eigenvalue weighted by atomic mass is 35.5. The summed E-state index contributed by atoms with van der Waals surface area (Å²) in [7, 11) is 0. The number of amides is 3. The molecule has 1 fully saturated rings. The minimum Gasteiger partial charge on any atom is -0.366 e. The molecule has 1 saturated heterocycles. The van der Waals surface area contributed by atoms with Gasteiger partial charge in [0.1, 0.15) is 11.7 Å². The third kappa shape index (κ3) is 4.09. The molecule has 3 N–H and O–H groups in total. The van der Waals surface area contributed by atoms with Gasteiger partial charge in [0.2, 0.25) is 0 Å². The number of nitrogens with zero attached hydrogens (tertiary/aromatic N) is 5. The second-order valence-corrected chi connectivity index (χ2v) is 8.92. The van der Waals surface area contributed by atoms with Crippen molar-refractivity contribution < 1.29 is 22.8 Å². The lowest BCUT2D eigenvalue weighted by molar-refractivity contribution is -0.149. The number of hydrogen-bond acceptors (Lipinski definition) is 6. The number of nitrogens with one attached hydrogen (secondary N) is 3. The van der Waals surface area contributed by atoms with Crippen LogP contribution in [0, 0.1) is 6.92 Å². The smallest absolute Gasteiger partial charge is 0.366 e. The zero-order chi connectivity index (χ0) is 25.1. The molecule has 14 heteroatoms. The van der Waals surface area contributed by atoms with Gasteiger partial charge in [-0.25, -0.2) is 14.8 Å². The lowest BCUT2D eigenvalue weighted by atomic mass is 10.1. The first-order chi connectivity index (χ1) is 16.5. The Hall–Kier alpha value is -3.61. The van der Waals surface area contributed by atoms with Crippen LogP contribution in [0.3, 0.4) is 0 Å². The van der Waals surface area contributed by atoms with Crippen molar-refractivity contribution in [3.8, 4) is 0 Å². The van der Waals surface area contributed by atoms with Crippen molar-refractivity contribution >= 4 is 51.9 Å². The molecule has 2 atom stereocenters. The van der Waals surface area contributed by atoms with Crippen molar-refractivity contribution in [2.24, 2.45) is 0 Å². The van der Waals surface area contributed by atoms with Crippen molar-refractivity contribution in [3.05, 3.63) is 34.6 Å². The van der Waals surface area contributed by atoms with E-state index in [1.165, 1.54) is 11.0 Å². The molecule has 1 unspecified atom stereocenters. The fourth-order valence-electron chi connectivity index (χ4n) is 4.25. The van der Waals surface area contributed by atoms with Gasteiger partial charge in [0.15, 0.2) is 17.3 Å². The zero-order valence-electron chi connectivity index (χ0n) is 18.6. The van der Waals surface area contributed by atoms with Gasteiger partial charge in [-0.3, -0.25) is 20.1 Å². The van der Waals surface area contributed by atoms with Crippen LogP contribution in [-0.2, 0) is 0 Å². The first-order valence-electron chi connectivity index (χ1n) is 10.8. The van der Waals surface area contributed by atoms with Gasteiger partial charge in [-0.15, -0.1) is 0 Å². The molecule has 3 aromatic rings. The van der Waals surface area contributed by atoms with Gasteiger partial charge in [0.05, 0.1) is 22.1 Å². The third-order valence-corrected chi connectivity index (χ3v) is 6.38. The van der Waals surface area contributed by atoms with Gasteiger partial charge in [-0.1, -0.05) is 11.6 Å². The molecular formula is C21H20ClF3N8O2. The molecule has 184 valence electrons. The Morgan fingerprint density at radius 2 is 2.06 bits per heavy atom. The number of carbonyl (C=O) groups is 2. The molecule has 3 aromatic heterocycles. The number of rotatable bonds is 3. The summed E-state index contributed by atoms with van der Waals surface area (Å²) in [5.41, 5.74) is 1.41. The van der Waals surface area contributed by atoms with E-state index in [9.17, 15) is 22.8 Å². The minimum atomic E-state index is -4.63. The maximum atomic E-state index is 13.4. The summed E-state index contributed by atoms with van der Waals surface area (Å²) in [4.78, 5) is 38.0. The highest BCUT2D eigenvalue weighted by Crippen LogP contribution is 2.41. The lowest BCUT2D eigenvalue weighted by Gasteiger charge is -2.36. The van der Waals surface area contributed by atoms with Crippen LogP contribution in [0.1, 0.15) is 29.5 Å². The first-order valence-corrected chi connectivity index (χ1v) is 11.2. The predicted molar refractivity (Wildman–Crippen MR) is 123 cm³/mol. The predicted octanol–water partition coefficient (Wildman–Crippen LogP) is 3.63. The molecule has 0 saturated carbocycles. The van der Waals surface area contributed by atoms with E-state index in [1.807, 2.05) is 17.1 Å². The molecule has 2 aliphatic heterocycles. The van der Waals surface area contributed by atoms with E-state index >= 15 is 0 Å². The number of fused-ring (bicyclic) bond motifs is 5. The van der Waals surface area contributed by atoms with Crippen LogP contribution in [0.5, 0.6) is 0 Å². The maximum Gasteiger partial charge on any atom is 0.408 e. The van der Waals surface area contributed by atoms with Crippen molar-refractivity contribution in [1.29, 1.82) is 0 Å². The van der Waals surface area contributed by atoms with Gasteiger partial charge >= 0.3 is 12.2 Å². The number of H-pyrrole nitrogens is 1. The average molecular weight is 509 g/mol. The molecule has 35 heavy (non-hydrogen) atoms. The Morgan fingerprint density at radius 3 is 2.80 bits per heavy atom. The van der Waals surface area contributed by atoms with Crippen LogP contribution in [0.4, 0.5) is 35.3 Å². The summed E-state index contributed by atoms with van der Waals surface area (Å²) in [5.74, 6) is -0.680. The number of halogens is 4. The van der Waals surface area contributed by atoms with E-state index in [0.29, 0.717) is 36.2 Å². The van der Waals surface area contributed by atoms with Gasteiger partial charge in [0.25, 0.3) is 5.91 Å². The van der Waals surface area contributed by atoms with E-state index in [-0.39, 0.29) is 22.7 Å². The number of aromatic amines is 1. The number of anilines is 3. The first kappa shape index (κ1) is 23.1. The zero-order valence-corrected chi connectivity index (χ0v) is 19.3. The summed E-state index contributed by atoms with van der Waals surface area (Å²) in [5, 5.41) is 12.0. The van der Waals surface area contributed by atoms with Crippen molar-refractivity contribution in [1.82, 2.24) is 25.5 Å². The third-order valence-electron chi connectivity index (χ3n) is 6.09. The summed E-state index contributed by atoms with van der Waals surface area (Å²) in [6, 6.07) is 2.11. The Bertz CT molecular complexity index is 1340. The second-order valence-electron chi connectivity index (χ2n) is 8.51. The molecule has 5 heterocycles. The molecule has 10 nitrogen and oxygen atoms in total. The fraction of sp³-hybridized carbons (Fsp3) is 0.381. The quantitative estimate of drug-likeness (QED) is 0.497. The Morgan fingerprint density at radius 1 is 1.29 bits per heavy atom. The van der Waals surface area contributed by atoms with Crippen LogP contribution in [0.25, 0.3) is 11.0 Å². The molecular weight excluding hydrogens is 489 g/mol. The van der Waals surface area contributed by atoms with Crippen molar-refractivity contribution in [2.45, 2.75) is 38.5 Å². The van der Waals surface area contributed by atoms with Crippen LogP contribution >= 0.6 is 11.6 Å². The maximum absolute atomic E-state index is 13.4. The van der Waals surface area contributed by atoms with Crippen LogP contribution in [0.15, 0.2) is 18.2 Å². The SMILES string of the molecule is Cc1ccc2c(NC(=O)N3c4nc(C(=O)NC(C)C(F)(F)F)c(Cl)cc4N4CC[C@H]3C4)n[nH]c2n1. The number of hydrogen-bond donors (Lipinski definition) is 3. The van der Waals surface area contributed by atoms with Crippen LogP contribution in [-0.4, -0.2) is 63.5 Å². The molecule has 0 radical (unpaired) electrons. The molecule has 0 aliphatic carbocycles. The summed E-state index contributed by atoms with van der Waals surface area (Å²) in [6.45, 7) is 3.80. The summed E-state index contributed by atoms with van der Waals surface area (Å²) in [6.07, 6.45) is -4.00.